The standard InChI is InChI=1S/C19H16FNO4S3/c1-27-9-8-14(18(23)24)21-17(22)16(28-19(21)26)10-11-6-7-15(25-11)12-4-2-3-5-13(12)20/h2-7,10,14H,8-9H2,1H3,(H,23,24)/b16-10+/t14-/m1/s1. The summed E-state index contributed by atoms with van der Waals surface area (Å²) in [5.74, 6) is -0.679. The van der Waals surface area contributed by atoms with Crippen LogP contribution < -0.4 is 0 Å². The minimum atomic E-state index is -1.09. The average molecular weight is 438 g/mol. The third kappa shape index (κ3) is 4.31. The van der Waals surface area contributed by atoms with Crippen LogP contribution in [-0.4, -0.2) is 44.3 Å². The molecule has 1 fully saturated rings. The average Bonchev–Trinajstić information content (AvgIpc) is 3.22. The van der Waals surface area contributed by atoms with E-state index >= 15 is 0 Å². The second kappa shape index (κ2) is 8.93. The number of furan rings is 1. The second-order valence-electron chi connectivity index (χ2n) is 5.87. The molecule has 146 valence electrons. The number of thioether (sulfide) groups is 2. The van der Waals surface area contributed by atoms with E-state index in [-0.39, 0.29) is 9.23 Å². The maximum absolute atomic E-state index is 13.9. The lowest BCUT2D eigenvalue weighted by Crippen LogP contribution is -2.44. The molecular weight excluding hydrogens is 421 g/mol. The third-order valence-corrected chi connectivity index (χ3v) is 6.03. The molecule has 2 heterocycles. The zero-order valence-electron chi connectivity index (χ0n) is 14.8. The quantitative estimate of drug-likeness (QED) is 0.505. The molecule has 1 atom stereocenters. The Balaban J connectivity index is 1.84. The van der Waals surface area contributed by atoms with Crippen LogP contribution in [0, 0.1) is 5.82 Å². The molecule has 1 amide bonds. The molecule has 5 nitrogen and oxygen atoms in total. The van der Waals surface area contributed by atoms with Crippen molar-refractivity contribution in [2.24, 2.45) is 0 Å². The Morgan fingerprint density at radius 3 is 2.82 bits per heavy atom. The minimum Gasteiger partial charge on any atom is -0.480 e. The number of carbonyl (C=O) groups excluding carboxylic acids is 1. The lowest BCUT2D eigenvalue weighted by atomic mass is 10.1. The number of amides is 1. The zero-order chi connectivity index (χ0) is 20.3. The van der Waals surface area contributed by atoms with Gasteiger partial charge in [0.15, 0.2) is 0 Å². The highest BCUT2D eigenvalue weighted by atomic mass is 32.2. The third-order valence-electron chi connectivity index (χ3n) is 4.06. The van der Waals surface area contributed by atoms with Crippen molar-refractivity contribution in [3.05, 3.63) is 52.9 Å². The van der Waals surface area contributed by atoms with Gasteiger partial charge in [0.05, 0.1) is 10.5 Å². The highest BCUT2D eigenvalue weighted by Crippen LogP contribution is 2.35. The Bertz CT molecular complexity index is 956. The van der Waals surface area contributed by atoms with Gasteiger partial charge < -0.3 is 9.52 Å². The number of thiocarbonyl (C=S) groups is 1. The molecule has 1 saturated heterocycles. The smallest absolute Gasteiger partial charge is 0.326 e. The van der Waals surface area contributed by atoms with Gasteiger partial charge in [0.2, 0.25) is 0 Å². The molecule has 1 aromatic carbocycles. The fraction of sp³-hybridized carbons (Fsp3) is 0.211. The number of halogens is 1. The number of nitrogens with zero attached hydrogens (tertiary/aromatic N) is 1. The van der Waals surface area contributed by atoms with E-state index in [2.05, 4.69) is 0 Å². The monoisotopic (exact) mass is 437 g/mol. The molecule has 0 radical (unpaired) electrons. The summed E-state index contributed by atoms with van der Waals surface area (Å²) in [5, 5.41) is 9.48. The van der Waals surface area contributed by atoms with Crippen molar-refractivity contribution < 1.29 is 23.5 Å². The topological polar surface area (TPSA) is 70.8 Å². The van der Waals surface area contributed by atoms with Crippen molar-refractivity contribution >= 4 is 58.0 Å². The van der Waals surface area contributed by atoms with Crippen LogP contribution in [0.3, 0.4) is 0 Å². The number of benzene rings is 1. The second-order valence-corrected chi connectivity index (χ2v) is 8.53. The molecule has 1 aromatic heterocycles. The zero-order valence-corrected chi connectivity index (χ0v) is 17.2. The van der Waals surface area contributed by atoms with Gasteiger partial charge in [-0.2, -0.15) is 11.8 Å². The molecular formula is C19H16FNO4S3. The van der Waals surface area contributed by atoms with Crippen LogP contribution in [0.25, 0.3) is 17.4 Å². The predicted octanol–water partition coefficient (Wildman–Crippen LogP) is 4.49. The highest BCUT2D eigenvalue weighted by molar-refractivity contribution is 8.26. The normalized spacial score (nSPS) is 16.8. The summed E-state index contributed by atoms with van der Waals surface area (Å²) in [6.07, 6.45) is 3.67. The Hall–Kier alpha value is -2.10. The van der Waals surface area contributed by atoms with E-state index in [1.807, 2.05) is 6.26 Å². The summed E-state index contributed by atoms with van der Waals surface area (Å²) >= 11 is 7.76. The van der Waals surface area contributed by atoms with E-state index in [1.165, 1.54) is 23.9 Å². The molecule has 2 aromatic rings. The fourth-order valence-corrected chi connectivity index (χ4v) is 4.50. The SMILES string of the molecule is CSCC[C@H](C(=O)O)N1C(=O)/C(=C\c2ccc(-c3ccccc3F)o2)SC1=S. The molecule has 0 aliphatic carbocycles. The van der Waals surface area contributed by atoms with Crippen LogP contribution in [0.5, 0.6) is 0 Å². The van der Waals surface area contributed by atoms with Crippen LogP contribution in [-0.2, 0) is 9.59 Å². The van der Waals surface area contributed by atoms with Crippen LogP contribution in [0.1, 0.15) is 12.2 Å². The molecule has 0 bridgehead atoms. The van der Waals surface area contributed by atoms with Gasteiger partial charge in [-0.3, -0.25) is 9.69 Å². The molecule has 0 unspecified atom stereocenters. The maximum atomic E-state index is 13.9. The van der Waals surface area contributed by atoms with E-state index < -0.39 is 23.7 Å². The molecule has 1 aliphatic rings. The first kappa shape index (κ1) is 20.6. The number of aliphatic carboxylic acids is 1. The van der Waals surface area contributed by atoms with Gasteiger partial charge in [-0.25, -0.2) is 9.18 Å². The van der Waals surface area contributed by atoms with Gasteiger partial charge in [-0.15, -0.1) is 0 Å². The molecule has 0 spiro atoms. The summed E-state index contributed by atoms with van der Waals surface area (Å²) in [4.78, 5) is 25.7. The van der Waals surface area contributed by atoms with Gasteiger partial charge in [0, 0.05) is 6.08 Å². The molecule has 9 heteroatoms. The van der Waals surface area contributed by atoms with Crippen LogP contribution in [0.15, 0.2) is 45.7 Å². The Morgan fingerprint density at radius 2 is 2.14 bits per heavy atom. The Labute approximate surface area is 175 Å². The largest absolute Gasteiger partial charge is 0.480 e. The van der Waals surface area contributed by atoms with E-state index in [4.69, 9.17) is 16.6 Å². The number of carboxylic acid groups (broad SMARTS) is 1. The first-order valence-electron chi connectivity index (χ1n) is 8.26. The van der Waals surface area contributed by atoms with E-state index in [1.54, 1.807) is 30.3 Å². The van der Waals surface area contributed by atoms with Crippen molar-refractivity contribution in [1.29, 1.82) is 0 Å². The van der Waals surface area contributed by atoms with Gasteiger partial charge in [0.1, 0.15) is 27.7 Å². The minimum absolute atomic E-state index is 0.200. The Kier molecular flexibility index (Phi) is 6.58. The molecule has 1 aliphatic heterocycles. The number of carboxylic acids is 1. The number of hydrogen-bond acceptors (Lipinski definition) is 6. The number of rotatable bonds is 7. The fourth-order valence-electron chi connectivity index (χ4n) is 2.71. The molecule has 0 saturated carbocycles. The lowest BCUT2D eigenvalue weighted by Gasteiger charge is -2.22. The summed E-state index contributed by atoms with van der Waals surface area (Å²) in [5.41, 5.74) is 0.317. The van der Waals surface area contributed by atoms with Crippen molar-refractivity contribution in [3.63, 3.8) is 0 Å². The lowest BCUT2D eigenvalue weighted by molar-refractivity contribution is -0.145. The van der Waals surface area contributed by atoms with E-state index in [0.717, 1.165) is 16.7 Å². The van der Waals surface area contributed by atoms with Crippen LogP contribution >= 0.6 is 35.7 Å². The van der Waals surface area contributed by atoms with Gasteiger partial charge >= 0.3 is 5.97 Å². The molecule has 1 N–H and O–H groups in total. The summed E-state index contributed by atoms with van der Waals surface area (Å²) < 4.78 is 19.7. The predicted molar refractivity (Wildman–Crippen MR) is 114 cm³/mol. The van der Waals surface area contributed by atoms with Gasteiger partial charge in [-0.05, 0) is 42.7 Å². The van der Waals surface area contributed by atoms with Crippen molar-refractivity contribution in [1.82, 2.24) is 4.90 Å². The van der Waals surface area contributed by atoms with E-state index in [9.17, 15) is 19.1 Å². The first-order chi connectivity index (χ1) is 13.4. The van der Waals surface area contributed by atoms with Gasteiger partial charge in [0.25, 0.3) is 5.91 Å². The first-order valence-corrected chi connectivity index (χ1v) is 10.9. The number of hydrogen-bond donors (Lipinski definition) is 1. The maximum Gasteiger partial charge on any atom is 0.326 e. The molecule has 28 heavy (non-hydrogen) atoms. The summed E-state index contributed by atoms with van der Waals surface area (Å²) in [6.45, 7) is 0. The van der Waals surface area contributed by atoms with Crippen LogP contribution in [0.2, 0.25) is 0 Å². The molecule has 3 rings (SSSR count). The highest BCUT2D eigenvalue weighted by Gasteiger charge is 2.40. The number of carbonyl (C=O) groups is 2. The summed E-state index contributed by atoms with van der Waals surface area (Å²) in [6, 6.07) is 8.46. The van der Waals surface area contributed by atoms with Crippen molar-refractivity contribution in [2.75, 3.05) is 12.0 Å². The van der Waals surface area contributed by atoms with Crippen LogP contribution in [0.4, 0.5) is 4.39 Å². The van der Waals surface area contributed by atoms with Crippen molar-refractivity contribution in [2.45, 2.75) is 12.5 Å². The van der Waals surface area contributed by atoms with Gasteiger partial charge in [-0.1, -0.05) is 36.1 Å². The summed E-state index contributed by atoms with van der Waals surface area (Å²) in [7, 11) is 0. The van der Waals surface area contributed by atoms with E-state index in [0.29, 0.717) is 29.3 Å². The van der Waals surface area contributed by atoms with Crippen molar-refractivity contribution in [3.8, 4) is 11.3 Å². The Morgan fingerprint density at radius 1 is 1.39 bits per heavy atom.